The second-order valence-corrected chi connectivity index (χ2v) is 8.49. The lowest BCUT2D eigenvalue weighted by Crippen LogP contribution is -2.29. The Kier molecular flexibility index (Phi) is 5.22. The molecule has 1 fully saturated rings. The summed E-state index contributed by atoms with van der Waals surface area (Å²) in [6.45, 7) is 3.39. The van der Waals surface area contributed by atoms with E-state index in [1.54, 1.807) is 31.2 Å². The number of hydrogen-bond donors (Lipinski definition) is 1. The van der Waals surface area contributed by atoms with Gasteiger partial charge in [0.25, 0.3) is 11.7 Å². The van der Waals surface area contributed by atoms with E-state index in [2.05, 4.69) is 0 Å². The largest absolute Gasteiger partial charge is 0.507 e. The van der Waals surface area contributed by atoms with Gasteiger partial charge in [-0.25, -0.2) is 4.39 Å². The maximum Gasteiger partial charge on any atom is 0.300 e. The second-order valence-electron chi connectivity index (χ2n) is 7.08. The van der Waals surface area contributed by atoms with Crippen molar-refractivity contribution >= 4 is 46.1 Å². The van der Waals surface area contributed by atoms with Gasteiger partial charge in [-0.3, -0.25) is 14.5 Å². The van der Waals surface area contributed by atoms with E-state index in [9.17, 15) is 19.1 Å². The van der Waals surface area contributed by atoms with Gasteiger partial charge in [-0.1, -0.05) is 23.7 Å². The van der Waals surface area contributed by atoms with Crippen LogP contribution in [0.5, 0.6) is 0 Å². The molecule has 0 spiro atoms. The van der Waals surface area contributed by atoms with Crippen LogP contribution in [-0.2, 0) is 9.59 Å². The molecular weight excluding hydrogens is 425 g/mol. The number of rotatable bonds is 3. The lowest BCUT2D eigenvalue weighted by atomic mass is 9.98. The van der Waals surface area contributed by atoms with E-state index in [4.69, 9.17) is 11.6 Å². The molecule has 1 amide bonds. The summed E-state index contributed by atoms with van der Waals surface area (Å²) in [6, 6.07) is 12.0. The van der Waals surface area contributed by atoms with Gasteiger partial charge in [0, 0.05) is 21.2 Å². The Bertz CT molecular complexity index is 1200. The van der Waals surface area contributed by atoms with Crippen LogP contribution in [0.15, 0.2) is 59.5 Å². The number of hydrogen-bond acceptors (Lipinski definition) is 4. The van der Waals surface area contributed by atoms with Crippen molar-refractivity contribution in [3.8, 4) is 0 Å². The van der Waals surface area contributed by atoms with Crippen molar-refractivity contribution < 1.29 is 19.1 Å². The maximum atomic E-state index is 13.7. The fraction of sp³-hybridized carbons (Fsp3) is 0.130. The smallest absolute Gasteiger partial charge is 0.300 e. The average Bonchev–Trinajstić information content (AvgIpc) is 3.33. The summed E-state index contributed by atoms with van der Waals surface area (Å²) in [7, 11) is 0. The molecule has 1 saturated heterocycles. The van der Waals surface area contributed by atoms with Gasteiger partial charge < -0.3 is 5.11 Å². The van der Waals surface area contributed by atoms with Crippen LogP contribution in [0.4, 0.5) is 10.1 Å². The Morgan fingerprint density at radius 2 is 1.87 bits per heavy atom. The van der Waals surface area contributed by atoms with Crippen LogP contribution in [0, 0.1) is 19.7 Å². The quantitative estimate of drug-likeness (QED) is 0.318. The molecule has 1 atom stereocenters. The van der Waals surface area contributed by atoms with Crippen LogP contribution in [0.1, 0.15) is 27.6 Å². The molecule has 30 heavy (non-hydrogen) atoms. The number of aliphatic hydroxyl groups is 1. The molecule has 3 aromatic rings. The summed E-state index contributed by atoms with van der Waals surface area (Å²) in [5.74, 6) is -2.31. The number of amides is 1. The Morgan fingerprint density at radius 1 is 1.10 bits per heavy atom. The van der Waals surface area contributed by atoms with Gasteiger partial charge >= 0.3 is 0 Å². The van der Waals surface area contributed by atoms with Crippen molar-refractivity contribution in [2.24, 2.45) is 0 Å². The van der Waals surface area contributed by atoms with Gasteiger partial charge in [-0.05, 0) is 66.8 Å². The highest BCUT2D eigenvalue weighted by molar-refractivity contribution is 7.10. The number of anilines is 1. The van der Waals surface area contributed by atoms with Crippen molar-refractivity contribution in [1.29, 1.82) is 0 Å². The van der Waals surface area contributed by atoms with Gasteiger partial charge in [-0.15, -0.1) is 11.3 Å². The number of halogens is 2. The molecular formula is C23H17ClFNO3S. The number of aliphatic hydroxyl groups excluding tert-OH is 1. The van der Waals surface area contributed by atoms with Crippen LogP contribution in [-0.4, -0.2) is 16.8 Å². The average molecular weight is 442 g/mol. The minimum atomic E-state index is -0.812. The Hall–Kier alpha value is -2.96. The van der Waals surface area contributed by atoms with Crippen molar-refractivity contribution in [2.75, 3.05) is 4.90 Å². The van der Waals surface area contributed by atoms with Gasteiger partial charge in [0.15, 0.2) is 0 Å². The highest BCUT2D eigenvalue weighted by atomic mass is 35.5. The van der Waals surface area contributed by atoms with Crippen LogP contribution in [0.25, 0.3) is 5.76 Å². The lowest BCUT2D eigenvalue weighted by molar-refractivity contribution is -0.132. The third kappa shape index (κ3) is 3.32. The van der Waals surface area contributed by atoms with E-state index in [0.29, 0.717) is 21.2 Å². The molecule has 1 N–H and O–H groups in total. The van der Waals surface area contributed by atoms with E-state index in [0.717, 1.165) is 5.56 Å². The van der Waals surface area contributed by atoms with Crippen molar-refractivity contribution in [3.05, 3.63) is 91.9 Å². The van der Waals surface area contributed by atoms with Crippen LogP contribution in [0.3, 0.4) is 0 Å². The molecule has 7 heteroatoms. The summed E-state index contributed by atoms with van der Waals surface area (Å²) < 4.78 is 13.7. The Morgan fingerprint density at radius 3 is 2.53 bits per heavy atom. The first kappa shape index (κ1) is 20.3. The molecule has 1 aromatic heterocycles. The van der Waals surface area contributed by atoms with Crippen molar-refractivity contribution in [2.45, 2.75) is 19.9 Å². The van der Waals surface area contributed by atoms with Gasteiger partial charge in [0.05, 0.1) is 5.57 Å². The minimum absolute atomic E-state index is 0.0344. The van der Waals surface area contributed by atoms with Crippen LogP contribution in [0.2, 0.25) is 5.02 Å². The number of carbonyl (C=O) groups is 2. The molecule has 1 unspecified atom stereocenters. The maximum absolute atomic E-state index is 13.7. The molecule has 4 rings (SSSR count). The first-order valence-corrected chi connectivity index (χ1v) is 10.4. The standard InChI is InChI=1S/C23H17ClFNO3S/c1-12-5-7-15(24)11-17(12)26-20(18-4-3-9-30-18)19(22(28)23(26)29)21(27)14-6-8-16(25)13(2)10-14/h3-11,20,27H,1-2H3/b21-19-. The van der Waals surface area contributed by atoms with E-state index in [1.165, 1.54) is 34.4 Å². The third-order valence-corrected chi connectivity index (χ3v) is 6.28. The monoisotopic (exact) mass is 441 g/mol. The summed E-state index contributed by atoms with van der Waals surface area (Å²) in [5, 5.41) is 13.3. The van der Waals surface area contributed by atoms with E-state index >= 15 is 0 Å². The molecule has 152 valence electrons. The summed E-state index contributed by atoms with van der Waals surface area (Å²) in [6.07, 6.45) is 0. The number of nitrogens with zero attached hydrogens (tertiary/aromatic N) is 1. The molecule has 0 saturated carbocycles. The Balaban J connectivity index is 1.96. The fourth-order valence-electron chi connectivity index (χ4n) is 3.59. The number of thiophene rings is 1. The predicted molar refractivity (Wildman–Crippen MR) is 116 cm³/mol. The molecule has 2 aromatic carbocycles. The molecule has 1 aliphatic rings. The normalized spacial score (nSPS) is 18.3. The van der Waals surface area contributed by atoms with Crippen molar-refractivity contribution in [1.82, 2.24) is 0 Å². The number of carbonyl (C=O) groups excluding carboxylic acids is 2. The zero-order valence-corrected chi connectivity index (χ0v) is 17.7. The molecule has 0 radical (unpaired) electrons. The molecule has 0 bridgehead atoms. The van der Waals surface area contributed by atoms with Gasteiger partial charge in [0.1, 0.15) is 17.6 Å². The fourth-order valence-corrected chi connectivity index (χ4v) is 4.58. The number of benzene rings is 2. The summed E-state index contributed by atoms with van der Waals surface area (Å²) in [5.41, 5.74) is 1.83. The summed E-state index contributed by atoms with van der Waals surface area (Å²) >= 11 is 7.53. The van der Waals surface area contributed by atoms with E-state index < -0.39 is 23.5 Å². The van der Waals surface area contributed by atoms with Gasteiger partial charge in [0.2, 0.25) is 0 Å². The first-order chi connectivity index (χ1) is 14.3. The number of ketones is 1. The predicted octanol–water partition coefficient (Wildman–Crippen LogP) is 5.78. The lowest BCUT2D eigenvalue weighted by Gasteiger charge is -2.25. The highest BCUT2D eigenvalue weighted by Gasteiger charge is 2.47. The van der Waals surface area contributed by atoms with Crippen LogP contribution >= 0.6 is 22.9 Å². The van der Waals surface area contributed by atoms with E-state index in [1.807, 2.05) is 18.4 Å². The van der Waals surface area contributed by atoms with Gasteiger partial charge in [-0.2, -0.15) is 0 Å². The minimum Gasteiger partial charge on any atom is -0.507 e. The zero-order valence-electron chi connectivity index (χ0n) is 16.1. The molecule has 2 heterocycles. The molecule has 0 aliphatic carbocycles. The summed E-state index contributed by atoms with van der Waals surface area (Å²) in [4.78, 5) is 28.2. The molecule has 1 aliphatic heterocycles. The third-order valence-electron chi connectivity index (χ3n) is 5.12. The van der Waals surface area contributed by atoms with Crippen LogP contribution < -0.4 is 4.90 Å². The van der Waals surface area contributed by atoms with E-state index in [-0.39, 0.29) is 16.9 Å². The highest BCUT2D eigenvalue weighted by Crippen LogP contribution is 2.44. The number of aryl methyl sites for hydroxylation is 2. The second kappa shape index (κ2) is 7.70. The Labute approximate surface area is 181 Å². The SMILES string of the molecule is Cc1cc(/C(O)=C2/C(=O)C(=O)N(c3cc(Cl)ccc3C)C2c2cccs2)ccc1F. The topological polar surface area (TPSA) is 57.6 Å². The first-order valence-electron chi connectivity index (χ1n) is 9.16. The zero-order chi connectivity index (χ0) is 21.6. The molecule has 4 nitrogen and oxygen atoms in total. The van der Waals surface area contributed by atoms with Crippen molar-refractivity contribution in [3.63, 3.8) is 0 Å². The number of Topliss-reactive ketones (excluding diaryl/α,β-unsaturated/α-hetero) is 1.